The average Bonchev–Trinajstić information content (AvgIpc) is 2.82. The SMILES string of the molecule is CC(C)Oc1cncc(NC2CC(C)N(c3ccccc3)C2=O)n1. The summed E-state index contributed by atoms with van der Waals surface area (Å²) < 4.78 is 5.55. The van der Waals surface area contributed by atoms with Gasteiger partial charge in [0.05, 0.1) is 18.5 Å². The Kier molecular flexibility index (Phi) is 4.64. The van der Waals surface area contributed by atoms with Gasteiger partial charge in [-0.2, -0.15) is 4.98 Å². The lowest BCUT2D eigenvalue weighted by Crippen LogP contribution is -2.35. The maximum absolute atomic E-state index is 12.8. The first-order valence-electron chi connectivity index (χ1n) is 8.18. The summed E-state index contributed by atoms with van der Waals surface area (Å²) >= 11 is 0. The van der Waals surface area contributed by atoms with Gasteiger partial charge in [-0.1, -0.05) is 18.2 Å². The van der Waals surface area contributed by atoms with E-state index in [4.69, 9.17) is 4.74 Å². The van der Waals surface area contributed by atoms with E-state index in [0.717, 1.165) is 5.69 Å². The van der Waals surface area contributed by atoms with E-state index in [9.17, 15) is 4.79 Å². The molecule has 6 nitrogen and oxygen atoms in total. The molecular weight excluding hydrogens is 304 g/mol. The highest BCUT2D eigenvalue weighted by Gasteiger charge is 2.38. The molecule has 1 amide bonds. The first kappa shape index (κ1) is 16.2. The van der Waals surface area contributed by atoms with Gasteiger partial charge < -0.3 is 15.0 Å². The second-order valence-corrected chi connectivity index (χ2v) is 6.23. The Morgan fingerprint density at radius 2 is 2.00 bits per heavy atom. The summed E-state index contributed by atoms with van der Waals surface area (Å²) in [5.74, 6) is 1.05. The number of hydrogen-bond donors (Lipinski definition) is 1. The Bertz CT molecular complexity index is 705. The van der Waals surface area contributed by atoms with Gasteiger partial charge in [0.25, 0.3) is 0 Å². The molecule has 1 aromatic heterocycles. The van der Waals surface area contributed by atoms with Crippen LogP contribution in [0, 0.1) is 0 Å². The monoisotopic (exact) mass is 326 g/mol. The molecular formula is C18H22N4O2. The van der Waals surface area contributed by atoms with Crippen LogP contribution < -0.4 is 15.0 Å². The fraction of sp³-hybridized carbons (Fsp3) is 0.389. The Balaban J connectivity index is 1.74. The Labute approximate surface area is 141 Å². The quantitative estimate of drug-likeness (QED) is 0.915. The highest BCUT2D eigenvalue weighted by Crippen LogP contribution is 2.28. The van der Waals surface area contributed by atoms with Crippen molar-refractivity contribution in [2.75, 3.05) is 10.2 Å². The van der Waals surface area contributed by atoms with Gasteiger partial charge in [0.15, 0.2) is 0 Å². The molecule has 0 saturated carbocycles. The number of hydrogen-bond acceptors (Lipinski definition) is 5. The van der Waals surface area contributed by atoms with Gasteiger partial charge in [-0.25, -0.2) is 0 Å². The highest BCUT2D eigenvalue weighted by atomic mass is 16.5. The number of ether oxygens (including phenoxy) is 1. The molecule has 0 spiro atoms. The first-order chi connectivity index (χ1) is 11.5. The number of carbonyl (C=O) groups excluding carboxylic acids is 1. The van der Waals surface area contributed by atoms with E-state index in [2.05, 4.69) is 22.2 Å². The summed E-state index contributed by atoms with van der Waals surface area (Å²) in [6.07, 6.45) is 3.91. The van der Waals surface area contributed by atoms with Crippen LogP contribution in [-0.4, -0.2) is 34.1 Å². The van der Waals surface area contributed by atoms with Gasteiger partial charge in [-0.05, 0) is 39.3 Å². The minimum Gasteiger partial charge on any atom is -0.474 e. The van der Waals surface area contributed by atoms with Crippen LogP contribution in [0.1, 0.15) is 27.2 Å². The summed E-state index contributed by atoms with van der Waals surface area (Å²) in [7, 11) is 0. The number of benzene rings is 1. The third-order valence-corrected chi connectivity index (χ3v) is 3.88. The molecule has 0 aliphatic carbocycles. The van der Waals surface area contributed by atoms with E-state index in [0.29, 0.717) is 18.1 Å². The van der Waals surface area contributed by atoms with Gasteiger partial charge in [0, 0.05) is 11.7 Å². The van der Waals surface area contributed by atoms with Crippen LogP contribution in [0.4, 0.5) is 11.5 Å². The molecule has 3 rings (SSSR count). The van der Waals surface area contributed by atoms with Crippen molar-refractivity contribution in [1.29, 1.82) is 0 Å². The number of anilines is 2. The van der Waals surface area contributed by atoms with Crippen molar-refractivity contribution in [2.45, 2.75) is 45.4 Å². The van der Waals surface area contributed by atoms with E-state index < -0.39 is 0 Å². The normalized spacial score (nSPS) is 20.5. The lowest BCUT2D eigenvalue weighted by molar-refractivity contribution is -0.117. The second kappa shape index (κ2) is 6.86. The van der Waals surface area contributed by atoms with Crippen LogP contribution in [0.15, 0.2) is 42.7 Å². The van der Waals surface area contributed by atoms with Crippen molar-refractivity contribution in [2.24, 2.45) is 0 Å². The predicted molar refractivity (Wildman–Crippen MR) is 93.2 cm³/mol. The number of nitrogens with one attached hydrogen (secondary N) is 1. The molecule has 1 aliphatic heterocycles. The zero-order chi connectivity index (χ0) is 17.1. The molecule has 1 aliphatic rings. The Hall–Kier alpha value is -2.63. The molecule has 2 unspecified atom stereocenters. The van der Waals surface area contributed by atoms with E-state index in [1.807, 2.05) is 49.1 Å². The van der Waals surface area contributed by atoms with Crippen LogP contribution in [0.3, 0.4) is 0 Å². The molecule has 24 heavy (non-hydrogen) atoms. The van der Waals surface area contributed by atoms with E-state index >= 15 is 0 Å². The number of rotatable bonds is 5. The molecule has 1 N–H and O–H groups in total. The van der Waals surface area contributed by atoms with Gasteiger partial charge in [0.2, 0.25) is 11.8 Å². The minimum atomic E-state index is -0.316. The predicted octanol–water partition coefficient (Wildman–Crippen LogP) is 2.87. The fourth-order valence-corrected chi connectivity index (χ4v) is 2.92. The van der Waals surface area contributed by atoms with Crippen LogP contribution >= 0.6 is 0 Å². The summed E-state index contributed by atoms with van der Waals surface area (Å²) in [6.45, 7) is 5.92. The molecule has 126 valence electrons. The third-order valence-electron chi connectivity index (χ3n) is 3.88. The Morgan fingerprint density at radius 3 is 2.71 bits per heavy atom. The lowest BCUT2D eigenvalue weighted by atomic mass is 10.2. The number of amides is 1. The molecule has 0 radical (unpaired) electrons. The van der Waals surface area contributed by atoms with E-state index in [-0.39, 0.29) is 24.1 Å². The van der Waals surface area contributed by atoms with Gasteiger partial charge in [-0.3, -0.25) is 9.78 Å². The molecule has 2 aromatic rings. The Morgan fingerprint density at radius 1 is 1.25 bits per heavy atom. The van der Waals surface area contributed by atoms with Gasteiger partial charge in [0.1, 0.15) is 11.9 Å². The zero-order valence-electron chi connectivity index (χ0n) is 14.1. The molecule has 2 atom stereocenters. The van der Waals surface area contributed by atoms with Gasteiger partial charge in [-0.15, -0.1) is 0 Å². The maximum Gasteiger partial charge on any atom is 0.249 e. The van der Waals surface area contributed by atoms with Crippen LogP contribution in [-0.2, 0) is 4.79 Å². The molecule has 2 heterocycles. The smallest absolute Gasteiger partial charge is 0.249 e. The molecule has 0 bridgehead atoms. The largest absolute Gasteiger partial charge is 0.474 e. The maximum atomic E-state index is 12.8. The topological polar surface area (TPSA) is 67.3 Å². The molecule has 6 heteroatoms. The first-order valence-corrected chi connectivity index (χ1v) is 8.18. The van der Waals surface area contributed by atoms with Crippen LogP contribution in [0.25, 0.3) is 0 Å². The molecule has 1 saturated heterocycles. The van der Waals surface area contributed by atoms with Crippen molar-refractivity contribution in [1.82, 2.24) is 9.97 Å². The summed E-state index contributed by atoms with van der Waals surface area (Å²) in [6, 6.07) is 9.54. The van der Waals surface area contributed by atoms with Crippen LogP contribution in [0.5, 0.6) is 5.88 Å². The summed E-state index contributed by atoms with van der Waals surface area (Å²) in [5.41, 5.74) is 0.919. The zero-order valence-corrected chi connectivity index (χ0v) is 14.1. The molecule has 1 fully saturated rings. The second-order valence-electron chi connectivity index (χ2n) is 6.23. The van der Waals surface area contributed by atoms with Crippen molar-refractivity contribution in [3.8, 4) is 5.88 Å². The average molecular weight is 326 g/mol. The van der Waals surface area contributed by atoms with Gasteiger partial charge >= 0.3 is 0 Å². The fourth-order valence-electron chi connectivity index (χ4n) is 2.92. The number of nitrogens with zero attached hydrogens (tertiary/aromatic N) is 3. The van der Waals surface area contributed by atoms with E-state index in [1.165, 1.54) is 0 Å². The third kappa shape index (κ3) is 3.48. The van der Waals surface area contributed by atoms with Crippen molar-refractivity contribution < 1.29 is 9.53 Å². The van der Waals surface area contributed by atoms with Crippen LogP contribution in [0.2, 0.25) is 0 Å². The van der Waals surface area contributed by atoms with Crippen molar-refractivity contribution in [3.63, 3.8) is 0 Å². The molecule has 1 aromatic carbocycles. The van der Waals surface area contributed by atoms with Crippen molar-refractivity contribution >= 4 is 17.4 Å². The minimum absolute atomic E-state index is 0.0243. The number of aromatic nitrogens is 2. The lowest BCUT2D eigenvalue weighted by Gasteiger charge is -2.21. The highest BCUT2D eigenvalue weighted by molar-refractivity contribution is 6.01. The number of carbonyl (C=O) groups is 1. The standard InChI is InChI=1S/C18H22N4O2/c1-12(2)24-17-11-19-10-16(21-17)20-15-9-13(3)22(18(15)23)14-7-5-4-6-8-14/h4-8,10-13,15H,9H2,1-3H3,(H,20,21). The summed E-state index contributed by atoms with van der Waals surface area (Å²) in [5, 5.41) is 3.19. The summed E-state index contributed by atoms with van der Waals surface area (Å²) in [4.78, 5) is 23.1. The van der Waals surface area contributed by atoms with E-state index in [1.54, 1.807) is 12.4 Å². The van der Waals surface area contributed by atoms with Crippen molar-refractivity contribution in [3.05, 3.63) is 42.7 Å². The number of para-hydroxylation sites is 1.